The predicted octanol–water partition coefficient (Wildman–Crippen LogP) is 2.01. The first-order chi connectivity index (χ1) is 10.9. The molecule has 1 aromatic rings. The second-order valence-corrected chi connectivity index (χ2v) is 9.87. The maximum absolute atomic E-state index is 12.1. The summed E-state index contributed by atoms with van der Waals surface area (Å²) in [4.78, 5) is 18.4. The molecule has 7 heteroatoms. The normalized spacial score (nSPS) is 30.7. The molecule has 2 unspecified atom stereocenters. The van der Waals surface area contributed by atoms with Gasteiger partial charge < -0.3 is 4.90 Å². The van der Waals surface area contributed by atoms with Crippen molar-refractivity contribution in [1.82, 2.24) is 0 Å². The molecule has 0 spiro atoms. The van der Waals surface area contributed by atoms with Crippen LogP contribution in [0.2, 0.25) is 0 Å². The summed E-state index contributed by atoms with van der Waals surface area (Å²) in [7, 11) is -3.01. The molecule has 5 nitrogen and oxygen atoms in total. The highest BCUT2D eigenvalue weighted by Gasteiger charge is 2.49. The van der Waals surface area contributed by atoms with Crippen molar-refractivity contribution >= 4 is 38.4 Å². The van der Waals surface area contributed by atoms with E-state index in [-0.39, 0.29) is 34.6 Å². The number of amidine groups is 1. The maximum Gasteiger partial charge on any atom is 0.251 e. The Balaban J connectivity index is 1.71. The number of hydrogen-bond acceptors (Lipinski definition) is 4. The van der Waals surface area contributed by atoms with E-state index >= 15 is 0 Å². The van der Waals surface area contributed by atoms with E-state index in [4.69, 9.17) is 0 Å². The number of aryl methyl sites for hydroxylation is 1. The van der Waals surface area contributed by atoms with Crippen molar-refractivity contribution in [3.05, 3.63) is 29.8 Å². The van der Waals surface area contributed by atoms with Gasteiger partial charge in [-0.05, 0) is 31.9 Å². The molecule has 4 rings (SSSR count). The van der Waals surface area contributed by atoms with E-state index in [2.05, 4.69) is 4.99 Å². The van der Waals surface area contributed by atoms with Gasteiger partial charge in [0.1, 0.15) is 0 Å². The van der Waals surface area contributed by atoms with Crippen LogP contribution in [0.4, 0.5) is 5.69 Å². The molecule has 2 heterocycles. The molecule has 3 fully saturated rings. The lowest BCUT2D eigenvalue weighted by molar-refractivity contribution is -0.118. The number of sulfone groups is 1. The number of nitrogens with zero attached hydrogens (tertiary/aromatic N) is 2. The summed E-state index contributed by atoms with van der Waals surface area (Å²) in [6, 6.07) is 7.81. The first-order valence-corrected chi connectivity index (χ1v) is 10.5. The minimum absolute atomic E-state index is 0.0351. The first-order valence-electron chi connectivity index (χ1n) is 7.78. The van der Waals surface area contributed by atoms with Crippen molar-refractivity contribution < 1.29 is 13.2 Å². The number of thioether (sulfide) groups is 1. The van der Waals surface area contributed by atoms with Gasteiger partial charge in [-0.25, -0.2) is 8.42 Å². The lowest BCUT2D eigenvalue weighted by Gasteiger charge is -2.24. The van der Waals surface area contributed by atoms with Crippen LogP contribution >= 0.6 is 11.8 Å². The van der Waals surface area contributed by atoms with Crippen molar-refractivity contribution in [3.8, 4) is 0 Å². The Morgan fingerprint density at radius 1 is 1.22 bits per heavy atom. The smallest absolute Gasteiger partial charge is 0.251 e. The number of fused-ring (bicyclic) bond motifs is 1. The molecule has 23 heavy (non-hydrogen) atoms. The zero-order valence-electron chi connectivity index (χ0n) is 12.8. The number of rotatable bonds is 2. The van der Waals surface area contributed by atoms with Gasteiger partial charge in [-0.15, -0.1) is 0 Å². The fourth-order valence-corrected chi connectivity index (χ4v) is 7.01. The van der Waals surface area contributed by atoms with Crippen LogP contribution in [0.15, 0.2) is 29.3 Å². The summed E-state index contributed by atoms with van der Waals surface area (Å²) in [5.74, 6) is 0.316. The Morgan fingerprint density at radius 3 is 2.57 bits per heavy atom. The van der Waals surface area contributed by atoms with Crippen LogP contribution in [0.5, 0.6) is 0 Å². The highest BCUT2D eigenvalue weighted by Crippen LogP contribution is 2.41. The van der Waals surface area contributed by atoms with E-state index in [1.165, 1.54) is 11.8 Å². The van der Waals surface area contributed by atoms with E-state index in [0.717, 1.165) is 24.1 Å². The van der Waals surface area contributed by atoms with Crippen LogP contribution in [0, 0.1) is 12.8 Å². The number of amides is 1. The second kappa shape index (κ2) is 5.34. The van der Waals surface area contributed by atoms with Gasteiger partial charge in [-0.2, -0.15) is 4.99 Å². The predicted molar refractivity (Wildman–Crippen MR) is 92.6 cm³/mol. The fourth-order valence-electron chi connectivity index (χ4n) is 3.09. The third kappa shape index (κ3) is 2.92. The quantitative estimate of drug-likeness (QED) is 0.816. The number of anilines is 1. The van der Waals surface area contributed by atoms with Crippen LogP contribution in [0.25, 0.3) is 0 Å². The molecule has 3 aliphatic rings. The summed E-state index contributed by atoms with van der Waals surface area (Å²) >= 11 is 1.44. The van der Waals surface area contributed by atoms with Crippen LogP contribution in [0.1, 0.15) is 18.4 Å². The lowest BCUT2D eigenvalue weighted by Crippen LogP contribution is -2.37. The van der Waals surface area contributed by atoms with Gasteiger partial charge >= 0.3 is 0 Å². The van der Waals surface area contributed by atoms with Gasteiger partial charge in [-0.1, -0.05) is 29.5 Å². The molecule has 1 saturated carbocycles. The monoisotopic (exact) mass is 350 g/mol. The molecule has 2 aliphatic heterocycles. The Morgan fingerprint density at radius 2 is 1.91 bits per heavy atom. The van der Waals surface area contributed by atoms with Gasteiger partial charge in [0.25, 0.3) is 5.91 Å². The molecule has 0 N–H and O–H groups in total. The fraction of sp³-hybridized carbons (Fsp3) is 0.500. The van der Waals surface area contributed by atoms with E-state index in [0.29, 0.717) is 5.17 Å². The average molecular weight is 350 g/mol. The van der Waals surface area contributed by atoms with Gasteiger partial charge in [0.05, 0.1) is 17.5 Å². The molecular formula is C16H18N2O3S2. The molecule has 2 saturated heterocycles. The highest BCUT2D eigenvalue weighted by molar-refractivity contribution is 8.16. The van der Waals surface area contributed by atoms with Gasteiger partial charge in [-0.3, -0.25) is 4.79 Å². The van der Waals surface area contributed by atoms with E-state index in [9.17, 15) is 13.2 Å². The number of hydrogen-bond donors (Lipinski definition) is 0. The largest absolute Gasteiger partial charge is 0.316 e. The number of carbonyl (C=O) groups excluding carboxylic acids is 1. The summed E-state index contributed by atoms with van der Waals surface area (Å²) in [6.07, 6.45) is 1.85. The Labute approximate surface area is 140 Å². The van der Waals surface area contributed by atoms with Gasteiger partial charge in [0, 0.05) is 16.9 Å². The van der Waals surface area contributed by atoms with E-state index in [1.807, 2.05) is 36.1 Å². The zero-order valence-corrected chi connectivity index (χ0v) is 14.4. The number of benzene rings is 1. The Kier molecular flexibility index (Phi) is 3.53. The van der Waals surface area contributed by atoms with Gasteiger partial charge in [0.15, 0.2) is 15.0 Å². The summed E-state index contributed by atoms with van der Waals surface area (Å²) in [5, 5.41) is 0.628. The lowest BCUT2D eigenvalue weighted by atomic mass is 10.1. The maximum atomic E-state index is 12.1. The minimum atomic E-state index is -3.01. The number of aliphatic imine (C=N–C) groups is 1. The summed E-state index contributed by atoms with van der Waals surface area (Å²) < 4.78 is 24.0. The van der Waals surface area contributed by atoms with Crippen LogP contribution in [-0.2, 0) is 14.6 Å². The SMILES string of the molecule is Cc1ccc(N2C(=NC(=O)C3CC3)SC3CS(=O)(=O)CC32)cc1. The molecule has 1 amide bonds. The summed E-state index contributed by atoms with van der Waals surface area (Å²) in [5.41, 5.74) is 2.05. The van der Waals surface area contributed by atoms with Crippen LogP contribution < -0.4 is 4.90 Å². The van der Waals surface area contributed by atoms with Crippen molar-refractivity contribution in [1.29, 1.82) is 0 Å². The first kappa shape index (κ1) is 15.2. The third-order valence-electron chi connectivity index (χ3n) is 4.51. The standard InChI is InChI=1S/C16H18N2O3S2/c1-10-2-6-12(7-3-10)18-13-8-23(20,21)9-14(13)22-16(18)17-15(19)11-4-5-11/h2-3,6-7,11,13-14H,4-5,8-9H2,1H3. The molecular weight excluding hydrogens is 332 g/mol. The second-order valence-electron chi connectivity index (χ2n) is 6.51. The van der Waals surface area contributed by atoms with Crippen LogP contribution in [0.3, 0.4) is 0 Å². The van der Waals surface area contributed by atoms with Crippen LogP contribution in [-0.4, -0.2) is 42.3 Å². The topological polar surface area (TPSA) is 66.8 Å². The van der Waals surface area contributed by atoms with Crippen molar-refractivity contribution in [2.45, 2.75) is 31.1 Å². The van der Waals surface area contributed by atoms with Crippen molar-refractivity contribution in [2.75, 3.05) is 16.4 Å². The van der Waals surface area contributed by atoms with Crippen molar-refractivity contribution in [3.63, 3.8) is 0 Å². The molecule has 1 aromatic carbocycles. The summed E-state index contributed by atoms with van der Waals surface area (Å²) in [6.45, 7) is 2.01. The van der Waals surface area contributed by atoms with Crippen molar-refractivity contribution in [2.24, 2.45) is 10.9 Å². The molecule has 0 aromatic heterocycles. The Hall–Kier alpha value is -1.34. The van der Waals surface area contributed by atoms with Gasteiger partial charge in [0.2, 0.25) is 0 Å². The third-order valence-corrected chi connectivity index (χ3v) is 7.72. The molecule has 1 aliphatic carbocycles. The highest BCUT2D eigenvalue weighted by atomic mass is 32.2. The number of carbonyl (C=O) groups is 1. The minimum Gasteiger partial charge on any atom is -0.316 e. The van der Waals surface area contributed by atoms with E-state index < -0.39 is 9.84 Å². The van der Waals surface area contributed by atoms with E-state index in [1.54, 1.807) is 0 Å². The molecule has 122 valence electrons. The molecule has 0 bridgehead atoms. The average Bonchev–Trinajstić information content (AvgIpc) is 3.22. The zero-order chi connectivity index (χ0) is 16.2. The Bertz CT molecular complexity index is 782. The molecule has 2 atom stereocenters. The molecule has 0 radical (unpaired) electrons.